The molecule has 0 heterocycles. The number of benzene rings is 1. The smallest absolute Gasteiger partial charge is 0.195 e. The molecule has 0 fully saturated rings. The molecule has 1 unspecified atom stereocenters. The summed E-state index contributed by atoms with van der Waals surface area (Å²) < 4.78 is 63.4. The molecule has 1 aromatic carbocycles. The second kappa shape index (κ2) is 5.13. The molecular formula is C9H4Br3F5. The molecule has 0 spiro atoms. The number of hydrogen-bond donors (Lipinski definition) is 0. The fourth-order valence-electron chi connectivity index (χ4n) is 1.05. The van der Waals surface area contributed by atoms with Crippen LogP contribution < -0.4 is 0 Å². The molecule has 0 nitrogen and oxygen atoms in total. The predicted octanol–water partition coefficient (Wildman–Crippen LogP) is 5.85. The van der Waals surface area contributed by atoms with Crippen molar-refractivity contribution in [3.63, 3.8) is 0 Å². The fourth-order valence-corrected chi connectivity index (χ4v) is 2.85. The Balaban J connectivity index is 3.21. The van der Waals surface area contributed by atoms with Gasteiger partial charge in [-0.25, -0.2) is 0 Å². The van der Waals surface area contributed by atoms with Crippen LogP contribution in [0.15, 0.2) is 27.1 Å². The van der Waals surface area contributed by atoms with Crippen molar-refractivity contribution in [1.29, 1.82) is 0 Å². The molecular weight excluding hydrogens is 443 g/mol. The highest BCUT2D eigenvalue weighted by Gasteiger charge is 2.62. The predicted molar refractivity (Wildman–Crippen MR) is 64.5 cm³/mol. The maximum absolute atomic E-state index is 13.1. The molecule has 96 valence electrons. The molecule has 8 heteroatoms. The normalized spacial score (nSPS) is 14.8. The third-order valence-electron chi connectivity index (χ3n) is 1.93. The van der Waals surface area contributed by atoms with Gasteiger partial charge >= 0.3 is 12.1 Å². The van der Waals surface area contributed by atoms with Crippen LogP contribution in [0.5, 0.6) is 0 Å². The molecule has 0 saturated carbocycles. The molecule has 0 radical (unpaired) electrons. The minimum Gasteiger partial charge on any atom is -0.195 e. The Bertz CT molecular complexity index is 416. The zero-order valence-electron chi connectivity index (χ0n) is 7.83. The van der Waals surface area contributed by atoms with Gasteiger partial charge in [-0.2, -0.15) is 22.0 Å². The number of alkyl halides is 6. The van der Waals surface area contributed by atoms with E-state index in [1.807, 2.05) is 0 Å². The minimum atomic E-state index is -5.61. The van der Waals surface area contributed by atoms with Crippen molar-refractivity contribution in [2.75, 3.05) is 0 Å². The van der Waals surface area contributed by atoms with Gasteiger partial charge in [-0.05, 0) is 23.8 Å². The van der Waals surface area contributed by atoms with Gasteiger partial charge in [0.25, 0.3) is 0 Å². The van der Waals surface area contributed by atoms with E-state index >= 15 is 0 Å². The SMILES string of the molecule is FC(F)(F)C(F)(F)C(Br)c1cc(Br)ccc1Br. The van der Waals surface area contributed by atoms with E-state index in [9.17, 15) is 22.0 Å². The summed E-state index contributed by atoms with van der Waals surface area (Å²) in [7, 11) is 0. The molecule has 1 atom stereocenters. The van der Waals surface area contributed by atoms with E-state index in [2.05, 4.69) is 47.8 Å². The number of halogens is 8. The minimum absolute atomic E-state index is 0.173. The zero-order valence-corrected chi connectivity index (χ0v) is 12.6. The van der Waals surface area contributed by atoms with Gasteiger partial charge in [0.15, 0.2) is 0 Å². The molecule has 0 amide bonds. The van der Waals surface area contributed by atoms with Crippen LogP contribution in [0, 0.1) is 0 Å². The van der Waals surface area contributed by atoms with Gasteiger partial charge in [0.2, 0.25) is 0 Å². The van der Waals surface area contributed by atoms with E-state index in [1.54, 1.807) is 0 Å². The lowest BCUT2D eigenvalue weighted by Crippen LogP contribution is -2.40. The van der Waals surface area contributed by atoms with Crippen molar-refractivity contribution >= 4 is 47.8 Å². The first kappa shape index (κ1) is 15.4. The quantitative estimate of drug-likeness (QED) is 0.395. The molecule has 0 N–H and O–H groups in total. The molecule has 0 aromatic heterocycles. The summed E-state index contributed by atoms with van der Waals surface area (Å²) in [4.78, 5) is -2.15. The monoisotopic (exact) mass is 444 g/mol. The number of hydrogen-bond acceptors (Lipinski definition) is 0. The Morgan fingerprint density at radius 2 is 1.53 bits per heavy atom. The number of rotatable bonds is 2. The first-order chi connectivity index (χ1) is 7.57. The van der Waals surface area contributed by atoms with Crippen LogP contribution in [-0.4, -0.2) is 12.1 Å². The average molecular weight is 447 g/mol. The van der Waals surface area contributed by atoms with E-state index in [-0.39, 0.29) is 10.0 Å². The standard InChI is InChI=1S/C9H4Br3F5/c10-4-1-2-6(11)5(3-4)7(12)8(13,14)9(15,16)17/h1-3,7H. The summed E-state index contributed by atoms with van der Waals surface area (Å²) in [6, 6.07) is 4.11. The molecule has 0 saturated heterocycles. The maximum Gasteiger partial charge on any atom is 0.454 e. The largest absolute Gasteiger partial charge is 0.454 e. The molecule has 0 aliphatic carbocycles. The third-order valence-corrected chi connectivity index (χ3v) is 4.21. The van der Waals surface area contributed by atoms with E-state index in [4.69, 9.17) is 0 Å². The van der Waals surface area contributed by atoms with Crippen molar-refractivity contribution in [3.05, 3.63) is 32.7 Å². The highest BCUT2D eigenvalue weighted by Crippen LogP contribution is 2.50. The third kappa shape index (κ3) is 3.20. The first-order valence-electron chi connectivity index (χ1n) is 4.11. The van der Waals surface area contributed by atoms with Gasteiger partial charge < -0.3 is 0 Å². The Labute approximate surface area is 119 Å². The molecule has 0 bridgehead atoms. The molecule has 1 rings (SSSR count). The van der Waals surface area contributed by atoms with Gasteiger partial charge in [0.05, 0.1) is 0 Å². The second-order valence-electron chi connectivity index (χ2n) is 3.15. The summed E-state index contributed by atoms with van der Waals surface area (Å²) in [5.41, 5.74) is -0.179. The Morgan fingerprint density at radius 1 is 1.00 bits per heavy atom. The summed E-state index contributed by atoms with van der Waals surface area (Å²) in [5.74, 6) is -4.85. The van der Waals surface area contributed by atoms with Crippen LogP contribution in [0.25, 0.3) is 0 Å². The molecule has 0 aliphatic rings. The fraction of sp³-hybridized carbons (Fsp3) is 0.333. The van der Waals surface area contributed by atoms with E-state index in [0.717, 1.165) is 0 Å². The Morgan fingerprint density at radius 3 is 2.00 bits per heavy atom. The highest BCUT2D eigenvalue weighted by molar-refractivity contribution is 9.11. The summed E-state index contributed by atoms with van der Waals surface area (Å²) in [6.07, 6.45) is -5.61. The van der Waals surface area contributed by atoms with Crippen LogP contribution in [0.1, 0.15) is 10.4 Å². The van der Waals surface area contributed by atoms with Crippen LogP contribution >= 0.6 is 47.8 Å². The van der Waals surface area contributed by atoms with Gasteiger partial charge in [-0.1, -0.05) is 47.8 Å². The summed E-state index contributed by atoms with van der Waals surface area (Å²) >= 11 is 8.36. The lowest BCUT2D eigenvalue weighted by molar-refractivity contribution is -0.281. The van der Waals surface area contributed by atoms with Crippen LogP contribution in [0.3, 0.4) is 0 Å². The Hall–Kier alpha value is 0.310. The van der Waals surface area contributed by atoms with Crippen LogP contribution in [0.2, 0.25) is 0 Å². The van der Waals surface area contributed by atoms with E-state index < -0.39 is 16.9 Å². The second-order valence-corrected chi connectivity index (χ2v) is 5.83. The van der Waals surface area contributed by atoms with Crippen molar-refractivity contribution in [3.8, 4) is 0 Å². The molecule has 17 heavy (non-hydrogen) atoms. The average Bonchev–Trinajstić information content (AvgIpc) is 2.19. The van der Waals surface area contributed by atoms with Crippen molar-refractivity contribution < 1.29 is 22.0 Å². The lowest BCUT2D eigenvalue weighted by Gasteiger charge is -2.25. The Kier molecular flexibility index (Phi) is 4.63. The molecule has 0 aliphatic heterocycles. The van der Waals surface area contributed by atoms with Gasteiger partial charge in [-0.15, -0.1) is 0 Å². The van der Waals surface area contributed by atoms with Crippen LogP contribution in [0.4, 0.5) is 22.0 Å². The van der Waals surface area contributed by atoms with Crippen LogP contribution in [-0.2, 0) is 0 Å². The molecule has 1 aromatic rings. The topological polar surface area (TPSA) is 0 Å². The zero-order chi connectivity index (χ0) is 13.4. The van der Waals surface area contributed by atoms with Gasteiger partial charge in [0, 0.05) is 8.95 Å². The lowest BCUT2D eigenvalue weighted by atomic mass is 10.1. The maximum atomic E-state index is 13.1. The highest BCUT2D eigenvalue weighted by atomic mass is 79.9. The van der Waals surface area contributed by atoms with Crippen molar-refractivity contribution in [1.82, 2.24) is 0 Å². The van der Waals surface area contributed by atoms with E-state index in [0.29, 0.717) is 4.47 Å². The van der Waals surface area contributed by atoms with Crippen molar-refractivity contribution in [2.45, 2.75) is 16.9 Å². The van der Waals surface area contributed by atoms with E-state index in [1.165, 1.54) is 18.2 Å². The summed E-state index contributed by atoms with van der Waals surface area (Å²) in [6.45, 7) is 0. The van der Waals surface area contributed by atoms with Gasteiger partial charge in [-0.3, -0.25) is 0 Å². The first-order valence-corrected chi connectivity index (χ1v) is 6.61. The summed E-state index contributed by atoms with van der Waals surface area (Å²) in [5, 5.41) is 0. The van der Waals surface area contributed by atoms with Gasteiger partial charge in [0.1, 0.15) is 4.83 Å². The van der Waals surface area contributed by atoms with Crippen molar-refractivity contribution in [2.24, 2.45) is 0 Å².